The number of thioether (sulfide) groups is 1. The summed E-state index contributed by atoms with van der Waals surface area (Å²) in [7, 11) is 1.67. The minimum Gasteiger partial charge on any atom is -0.497 e. The molecule has 0 spiro atoms. The third kappa shape index (κ3) is 2.66. The van der Waals surface area contributed by atoms with Gasteiger partial charge >= 0.3 is 0 Å². The lowest BCUT2D eigenvalue weighted by molar-refractivity contribution is 0.196. The number of rotatable bonds is 4. The third-order valence-electron chi connectivity index (χ3n) is 3.60. The van der Waals surface area contributed by atoms with Gasteiger partial charge in [-0.2, -0.15) is 11.8 Å². The fourth-order valence-electron chi connectivity index (χ4n) is 2.26. The molecule has 3 N–H and O–H groups in total. The highest BCUT2D eigenvalue weighted by Crippen LogP contribution is 2.40. The third-order valence-corrected chi connectivity index (χ3v) is 5.24. The van der Waals surface area contributed by atoms with E-state index in [2.05, 4.69) is 6.07 Å². The molecule has 4 unspecified atom stereocenters. The van der Waals surface area contributed by atoms with E-state index in [0.717, 1.165) is 12.2 Å². The van der Waals surface area contributed by atoms with Crippen molar-refractivity contribution in [3.8, 4) is 5.75 Å². The Morgan fingerprint density at radius 1 is 1.44 bits per heavy atom. The second kappa shape index (κ2) is 5.51. The summed E-state index contributed by atoms with van der Waals surface area (Å²) < 4.78 is 5.24. The molecule has 1 aromatic carbocycles. The van der Waals surface area contributed by atoms with Gasteiger partial charge in [0, 0.05) is 16.5 Å². The molecule has 0 fully saturated rings. The van der Waals surface area contributed by atoms with Crippen LogP contribution in [0.4, 0.5) is 0 Å². The van der Waals surface area contributed by atoms with Crippen molar-refractivity contribution in [2.45, 2.75) is 42.9 Å². The number of aliphatic hydroxyl groups excluding tert-OH is 1. The first-order valence-electron chi connectivity index (χ1n) is 6.29. The van der Waals surface area contributed by atoms with Crippen LogP contribution in [0.25, 0.3) is 0 Å². The molecule has 0 amide bonds. The largest absolute Gasteiger partial charge is 0.497 e. The zero-order chi connectivity index (χ0) is 13.3. The fraction of sp³-hybridized carbons (Fsp3) is 0.571. The number of hydrogen-bond donors (Lipinski definition) is 2. The predicted octanol–water partition coefficient (Wildman–Crippen LogP) is 2.12. The Bertz CT molecular complexity index is 422. The second-order valence-electron chi connectivity index (χ2n) is 4.91. The minimum atomic E-state index is -0.305. The maximum atomic E-state index is 9.58. The van der Waals surface area contributed by atoms with Crippen LogP contribution in [0.1, 0.15) is 31.0 Å². The Kier molecular flexibility index (Phi) is 4.20. The van der Waals surface area contributed by atoms with E-state index in [4.69, 9.17) is 10.5 Å². The molecule has 0 aliphatic heterocycles. The van der Waals surface area contributed by atoms with E-state index in [1.54, 1.807) is 18.9 Å². The first-order valence-corrected chi connectivity index (χ1v) is 7.23. The van der Waals surface area contributed by atoms with Gasteiger partial charge in [-0.15, -0.1) is 0 Å². The Morgan fingerprint density at radius 2 is 2.17 bits per heavy atom. The van der Waals surface area contributed by atoms with Gasteiger partial charge in [-0.05, 0) is 36.6 Å². The molecule has 1 aromatic rings. The second-order valence-corrected chi connectivity index (χ2v) is 6.54. The molecule has 1 aliphatic rings. The minimum absolute atomic E-state index is 0.0290. The van der Waals surface area contributed by atoms with E-state index in [1.165, 1.54) is 11.1 Å². The van der Waals surface area contributed by atoms with E-state index in [-0.39, 0.29) is 17.4 Å². The average molecular weight is 267 g/mol. The molecule has 3 nitrogen and oxygen atoms in total. The van der Waals surface area contributed by atoms with Crippen molar-refractivity contribution in [1.82, 2.24) is 0 Å². The van der Waals surface area contributed by atoms with Crippen molar-refractivity contribution in [3.63, 3.8) is 0 Å². The van der Waals surface area contributed by atoms with Crippen molar-refractivity contribution in [2.75, 3.05) is 7.11 Å². The molecule has 1 aliphatic carbocycles. The van der Waals surface area contributed by atoms with Crippen molar-refractivity contribution in [1.29, 1.82) is 0 Å². The fourth-order valence-corrected chi connectivity index (χ4v) is 3.63. The molecule has 100 valence electrons. The SMILES string of the molecule is COc1ccc2c(c1)C(N)C(SC(C)C(C)O)C2. The molecular weight excluding hydrogens is 246 g/mol. The van der Waals surface area contributed by atoms with Crippen molar-refractivity contribution < 1.29 is 9.84 Å². The van der Waals surface area contributed by atoms with Gasteiger partial charge in [0.25, 0.3) is 0 Å². The Labute approximate surface area is 113 Å². The number of fused-ring (bicyclic) bond motifs is 1. The Hall–Kier alpha value is -0.710. The van der Waals surface area contributed by atoms with E-state index in [9.17, 15) is 5.11 Å². The number of nitrogens with two attached hydrogens (primary N) is 1. The van der Waals surface area contributed by atoms with Crippen LogP contribution in [0, 0.1) is 0 Å². The van der Waals surface area contributed by atoms with Crippen LogP contribution in [0.2, 0.25) is 0 Å². The molecule has 0 aromatic heterocycles. The summed E-state index contributed by atoms with van der Waals surface area (Å²) in [6, 6.07) is 6.15. The van der Waals surface area contributed by atoms with Crippen LogP contribution in [0.5, 0.6) is 5.75 Å². The maximum absolute atomic E-state index is 9.58. The van der Waals surface area contributed by atoms with E-state index >= 15 is 0 Å². The lowest BCUT2D eigenvalue weighted by atomic mass is 10.1. The molecule has 0 radical (unpaired) electrons. The standard InChI is InChI=1S/C14H21NO2S/c1-8(16)9(2)18-13-6-10-4-5-11(17-3)7-12(10)14(13)15/h4-5,7-9,13-14,16H,6,15H2,1-3H3. The van der Waals surface area contributed by atoms with E-state index in [0.29, 0.717) is 5.25 Å². The van der Waals surface area contributed by atoms with Gasteiger partial charge in [-0.25, -0.2) is 0 Å². The van der Waals surface area contributed by atoms with Crippen LogP contribution >= 0.6 is 11.8 Å². The van der Waals surface area contributed by atoms with Crippen molar-refractivity contribution in [2.24, 2.45) is 5.73 Å². The van der Waals surface area contributed by atoms with Crippen molar-refractivity contribution >= 4 is 11.8 Å². The summed E-state index contributed by atoms with van der Waals surface area (Å²) in [4.78, 5) is 0. The number of ether oxygens (including phenoxy) is 1. The molecule has 2 rings (SSSR count). The number of benzene rings is 1. The number of aliphatic hydroxyl groups is 1. The van der Waals surface area contributed by atoms with Crippen LogP contribution in [-0.2, 0) is 6.42 Å². The highest BCUT2D eigenvalue weighted by atomic mass is 32.2. The molecule has 0 saturated heterocycles. The zero-order valence-electron chi connectivity index (χ0n) is 11.1. The summed E-state index contributed by atoms with van der Waals surface area (Å²) in [6.07, 6.45) is 0.669. The van der Waals surface area contributed by atoms with Gasteiger partial charge in [-0.1, -0.05) is 13.0 Å². The summed E-state index contributed by atoms with van der Waals surface area (Å²) in [5, 5.41) is 10.1. The van der Waals surface area contributed by atoms with Crippen LogP contribution in [0.15, 0.2) is 18.2 Å². The Morgan fingerprint density at radius 3 is 2.78 bits per heavy atom. The lowest BCUT2D eigenvalue weighted by Gasteiger charge is -2.22. The quantitative estimate of drug-likeness (QED) is 0.877. The van der Waals surface area contributed by atoms with Gasteiger partial charge in [-0.3, -0.25) is 0 Å². The van der Waals surface area contributed by atoms with Crippen LogP contribution < -0.4 is 10.5 Å². The van der Waals surface area contributed by atoms with Crippen molar-refractivity contribution in [3.05, 3.63) is 29.3 Å². The van der Waals surface area contributed by atoms with Crippen LogP contribution in [-0.4, -0.2) is 28.8 Å². The van der Waals surface area contributed by atoms with Gasteiger partial charge in [0.2, 0.25) is 0 Å². The highest BCUT2D eigenvalue weighted by Gasteiger charge is 2.32. The molecule has 4 heteroatoms. The lowest BCUT2D eigenvalue weighted by Crippen LogP contribution is -2.25. The Balaban J connectivity index is 2.12. The first kappa shape index (κ1) is 13.7. The normalized spacial score (nSPS) is 25.6. The zero-order valence-corrected chi connectivity index (χ0v) is 11.9. The summed E-state index contributed by atoms with van der Waals surface area (Å²) >= 11 is 1.78. The molecule has 0 saturated carbocycles. The molecule has 0 bridgehead atoms. The molecule has 0 heterocycles. The van der Waals surface area contributed by atoms with E-state index in [1.807, 2.05) is 26.0 Å². The summed E-state index contributed by atoms with van der Waals surface area (Å²) in [5.41, 5.74) is 8.79. The van der Waals surface area contributed by atoms with Crippen LogP contribution in [0.3, 0.4) is 0 Å². The monoisotopic (exact) mass is 267 g/mol. The molecule has 18 heavy (non-hydrogen) atoms. The molecular formula is C14H21NO2S. The summed E-state index contributed by atoms with van der Waals surface area (Å²) in [6.45, 7) is 3.87. The van der Waals surface area contributed by atoms with E-state index < -0.39 is 0 Å². The van der Waals surface area contributed by atoms with Gasteiger partial charge < -0.3 is 15.6 Å². The topological polar surface area (TPSA) is 55.5 Å². The number of hydrogen-bond acceptors (Lipinski definition) is 4. The predicted molar refractivity (Wildman–Crippen MR) is 76.1 cm³/mol. The van der Waals surface area contributed by atoms with Gasteiger partial charge in [0.1, 0.15) is 5.75 Å². The highest BCUT2D eigenvalue weighted by molar-refractivity contribution is 8.00. The number of methoxy groups -OCH3 is 1. The van der Waals surface area contributed by atoms with Gasteiger partial charge in [0.05, 0.1) is 13.2 Å². The smallest absolute Gasteiger partial charge is 0.119 e. The maximum Gasteiger partial charge on any atom is 0.119 e. The average Bonchev–Trinajstić information content (AvgIpc) is 2.66. The molecule has 4 atom stereocenters. The first-order chi connectivity index (χ1) is 8.52. The van der Waals surface area contributed by atoms with Gasteiger partial charge in [0.15, 0.2) is 0 Å². The summed E-state index contributed by atoms with van der Waals surface area (Å²) in [5.74, 6) is 0.860.